The fourth-order valence-corrected chi connectivity index (χ4v) is 2.54. The predicted molar refractivity (Wildman–Crippen MR) is 217 cm³/mol. The number of hydroxylamine groups is 4. The number of ketones is 1. The van der Waals surface area contributed by atoms with Crippen molar-refractivity contribution >= 4 is 71.1 Å². The minimum Gasteiger partial charge on any atom is -1.00 e. The molecule has 0 aromatic rings. The van der Waals surface area contributed by atoms with Crippen molar-refractivity contribution in [3.63, 3.8) is 0 Å². The smallest absolute Gasteiger partial charge is 1.00 e. The summed E-state index contributed by atoms with van der Waals surface area (Å²) in [6.07, 6.45) is 0.708. The molecule has 16 nitrogen and oxygen atoms in total. The van der Waals surface area contributed by atoms with Gasteiger partial charge in [-0.15, -0.1) is 0 Å². The van der Waals surface area contributed by atoms with Gasteiger partial charge in [0, 0.05) is 47.1 Å². The largest absolute Gasteiger partial charge is 2.00 e. The summed E-state index contributed by atoms with van der Waals surface area (Å²) in [7, 11) is 10.5. The van der Waals surface area contributed by atoms with Gasteiger partial charge in [-0.25, -0.2) is 10.1 Å². The number of aliphatic hydroxyl groups is 3. The van der Waals surface area contributed by atoms with Crippen LogP contribution in [0.25, 0.3) is 0 Å². The molecule has 2 unspecified atom stereocenters. The minimum atomic E-state index is -0.981. The Labute approximate surface area is 359 Å². The molecule has 0 heterocycles. The third kappa shape index (κ3) is 80.9. The maximum absolute atomic E-state index is 10.8. The van der Waals surface area contributed by atoms with Gasteiger partial charge >= 0.3 is 23.1 Å². The van der Waals surface area contributed by atoms with Gasteiger partial charge < -0.3 is 59.8 Å². The van der Waals surface area contributed by atoms with E-state index in [0.717, 1.165) is 5.06 Å². The summed E-state index contributed by atoms with van der Waals surface area (Å²) in [5.41, 5.74) is 3.54. The summed E-state index contributed by atoms with van der Waals surface area (Å²) in [5, 5.41) is 36.9. The van der Waals surface area contributed by atoms with Crippen molar-refractivity contribution in [2.45, 2.75) is 86.3 Å². The van der Waals surface area contributed by atoms with Crippen molar-refractivity contribution in [3.05, 3.63) is 7.43 Å². The molecule has 2 atom stereocenters. The molecule has 53 heavy (non-hydrogen) atoms. The first-order chi connectivity index (χ1) is 23.4. The van der Waals surface area contributed by atoms with Crippen LogP contribution in [0.5, 0.6) is 0 Å². The van der Waals surface area contributed by atoms with Crippen LogP contribution in [-0.4, -0.2) is 184 Å². The van der Waals surface area contributed by atoms with Gasteiger partial charge in [-0.1, -0.05) is 29.4 Å². The van der Waals surface area contributed by atoms with Crippen molar-refractivity contribution < 1.29 is 70.7 Å². The predicted octanol–water partition coefficient (Wildman–Crippen LogP) is -0.819. The molecule has 0 rings (SSSR count). The number of carbonyl (C=O) groups excluding carboxylic acids is 3. The Morgan fingerprint density at radius 1 is 0.811 bits per heavy atom. The quantitative estimate of drug-likeness (QED) is 0.0434. The van der Waals surface area contributed by atoms with E-state index in [1.807, 2.05) is 56.4 Å². The summed E-state index contributed by atoms with van der Waals surface area (Å²) < 4.78 is 20.0. The van der Waals surface area contributed by atoms with E-state index in [2.05, 4.69) is 17.5 Å². The molecule has 5 N–H and O–H groups in total. The molecule has 0 saturated heterocycles. The van der Waals surface area contributed by atoms with E-state index >= 15 is 0 Å². The minimum absolute atomic E-state index is 0. The summed E-state index contributed by atoms with van der Waals surface area (Å²) >= 11 is 1.98. The Bertz CT molecular complexity index is 780. The Morgan fingerprint density at radius 3 is 1.40 bits per heavy atom. The average molecular weight is 915 g/mol. The third-order valence-electron chi connectivity index (χ3n) is 4.68. The number of amides is 2. The van der Waals surface area contributed by atoms with Gasteiger partial charge in [0.2, 0.25) is 0 Å². The third-order valence-corrected chi connectivity index (χ3v) is 5.33. The molecular formula is C33H73BClIMgN4O12. The maximum Gasteiger partial charge on any atom is 2.00 e. The number of nitrogens with zero attached hydrogens (tertiary/aromatic N) is 3. The molecule has 0 bridgehead atoms. The van der Waals surface area contributed by atoms with Crippen LogP contribution in [0.15, 0.2) is 0 Å². The van der Waals surface area contributed by atoms with Gasteiger partial charge in [-0.05, 0) is 68.4 Å². The van der Waals surface area contributed by atoms with Crippen molar-refractivity contribution in [1.82, 2.24) is 10.1 Å². The molecule has 0 fully saturated rings. The van der Waals surface area contributed by atoms with E-state index in [4.69, 9.17) is 35.0 Å². The molecule has 0 spiro atoms. The number of rotatable bonds is 18. The molecule has 2 radical (unpaired) electrons. The van der Waals surface area contributed by atoms with Crippen LogP contribution < -0.4 is 18.1 Å². The number of nitriles is 1. The molecule has 0 saturated carbocycles. The van der Waals surface area contributed by atoms with E-state index < -0.39 is 11.2 Å². The fourth-order valence-electron chi connectivity index (χ4n) is 2.06. The van der Waals surface area contributed by atoms with Crippen LogP contribution >= 0.6 is 22.6 Å². The maximum atomic E-state index is 10.8. The SMILES string of the molecule is CCO.CCOCC(=O)N(C)OC.CCOCC(C)(O)CC#N.CCOCC(C)(O)CCN.CCOCC(C)=O.CON(C)C(=O)CI.[B]C.[CH3-].[Cl-].[Mg+2]. The molecule has 0 aromatic heterocycles. The number of nitrogens with two attached hydrogens (primary N) is 1. The molecule has 0 aliphatic heterocycles. The Morgan fingerprint density at radius 2 is 1.15 bits per heavy atom. The molecular weight excluding hydrogens is 842 g/mol. The van der Waals surface area contributed by atoms with Crippen LogP contribution in [0.3, 0.4) is 0 Å². The van der Waals surface area contributed by atoms with Gasteiger partial charge in [0.05, 0.1) is 63.4 Å². The number of halogens is 2. The number of ether oxygens (including phenoxy) is 4. The first-order valence-corrected chi connectivity index (χ1v) is 17.6. The van der Waals surface area contributed by atoms with E-state index in [1.54, 1.807) is 34.9 Å². The van der Waals surface area contributed by atoms with Crippen molar-refractivity contribution in [2.75, 3.05) is 98.7 Å². The Balaban J connectivity index is -0.0000000523. The van der Waals surface area contributed by atoms with Crippen LogP contribution in [0.4, 0.5) is 0 Å². The summed E-state index contributed by atoms with van der Waals surface area (Å²) in [6.45, 7) is 19.5. The van der Waals surface area contributed by atoms with Crippen LogP contribution in [-0.2, 0) is 43.0 Å². The molecule has 316 valence electrons. The number of carbonyl (C=O) groups is 3. The monoisotopic (exact) mass is 914 g/mol. The van der Waals surface area contributed by atoms with Crippen molar-refractivity contribution in [2.24, 2.45) is 5.73 Å². The number of hydrogen-bond donors (Lipinski definition) is 4. The van der Waals surface area contributed by atoms with Crippen molar-refractivity contribution in [3.8, 4) is 6.07 Å². The summed E-state index contributed by atoms with van der Waals surface area (Å²) in [5.74, 6) is -0.112. The van der Waals surface area contributed by atoms with Gasteiger partial charge in [0.25, 0.3) is 11.8 Å². The second-order valence-corrected chi connectivity index (χ2v) is 10.5. The number of Topliss-reactive ketones (excluding diaryl/α,β-unsaturated/α-hetero) is 1. The average Bonchev–Trinajstić information content (AvgIpc) is 3.09. The topological polar surface area (TPSA) is 224 Å². The zero-order chi connectivity index (χ0) is 41.0. The first-order valence-electron chi connectivity index (χ1n) is 16.0. The van der Waals surface area contributed by atoms with Gasteiger partial charge in [0.1, 0.15) is 13.2 Å². The van der Waals surface area contributed by atoms with Gasteiger partial charge in [-0.2, -0.15) is 5.26 Å². The van der Waals surface area contributed by atoms with Crippen molar-refractivity contribution in [1.29, 1.82) is 5.26 Å². The second-order valence-electron chi connectivity index (χ2n) is 9.72. The molecule has 0 aliphatic rings. The van der Waals surface area contributed by atoms with E-state index in [0.29, 0.717) is 50.4 Å². The van der Waals surface area contributed by atoms with E-state index in [1.165, 1.54) is 33.0 Å². The summed E-state index contributed by atoms with van der Waals surface area (Å²) in [4.78, 5) is 40.6. The normalized spacial score (nSPS) is 10.9. The number of likely N-dealkylation sites (N-methyl/N-ethyl adjacent to an activating group) is 1. The Kier molecular flexibility index (Phi) is 88.5. The van der Waals surface area contributed by atoms with Crippen LogP contribution in [0.1, 0.15) is 68.2 Å². The van der Waals surface area contributed by atoms with E-state index in [-0.39, 0.29) is 93.3 Å². The van der Waals surface area contributed by atoms with Crippen LogP contribution in [0.2, 0.25) is 6.82 Å². The number of aliphatic hydroxyl groups excluding tert-OH is 1. The molecule has 0 aliphatic carbocycles. The zero-order valence-electron chi connectivity index (χ0n) is 35.2. The number of alkyl halides is 1. The summed E-state index contributed by atoms with van der Waals surface area (Å²) in [6, 6.07) is 1.89. The van der Waals surface area contributed by atoms with E-state index in [9.17, 15) is 24.6 Å². The molecule has 2 amide bonds. The number of hydrogen-bond acceptors (Lipinski definition) is 14. The first kappa shape index (κ1) is 77.1. The van der Waals surface area contributed by atoms with Gasteiger partial charge in [-0.3, -0.25) is 24.1 Å². The molecule has 0 aromatic carbocycles. The van der Waals surface area contributed by atoms with Crippen LogP contribution in [0, 0.1) is 18.8 Å². The second kappa shape index (κ2) is 60.8. The van der Waals surface area contributed by atoms with Gasteiger partial charge in [0.15, 0.2) is 5.78 Å². The molecule has 20 heteroatoms. The fraction of sp³-hybridized carbons (Fsp3) is 0.848. The standard InChI is InChI=1S/C7H17NO2.C7H13NO2.C6H13NO3.C5H10O2.C4H8INO2.C2H6O.CH3B.CH3.ClH.Mg/c2*1-3-10-6-7(2,9)4-5-8;1-4-10-5-6(8)7(2)9-3;1-3-7-4-5(2)6;1-6(8-2)4(7)3-5;1-2-3;1-2;;;/h9H,3-6,8H2,1-2H3;9H,3-4,6H2,1-2H3;4-5H2,1-3H3;3-4H2,1-2H3;3H2,1-2H3;3H,2H2,1H3;1H3;1H3;1H;/q;;;;;;;-1;;+2/p-1. The zero-order valence-corrected chi connectivity index (χ0v) is 39.5. The Hall–Kier alpha value is -0.449.